The quantitative estimate of drug-likeness (QED) is 0.794. The molecule has 0 atom stereocenters. The Kier molecular flexibility index (Phi) is 5.76. The summed E-state index contributed by atoms with van der Waals surface area (Å²) in [6.07, 6.45) is 3.54. The molecule has 138 valence electrons. The molecule has 3 rings (SSSR count). The lowest BCUT2D eigenvalue weighted by atomic mass is 10.0. The molecule has 6 nitrogen and oxygen atoms in total. The first-order chi connectivity index (χ1) is 11.9. The van der Waals surface area contributed by atoms with Gasteiger partial charge >= 0.3 is 0 Å². The first-order valence-corrected chi connectivity index (χ1v) is 10.7. The van der Waals surface area contributed by atoms with Crippen molar-refractivity contribution in [2.45, 2.75) is 30.2 Å². The summed E-state index contributed by atoms with van der Waals surface area (Å²) in [5, 5.41) is 0. The van der Waals surface area contributed by atoms with Gasteiger partial charge in [-0.15, -0.1) is 0 Å². The topological polar surface area (TPSA) is 66.9 Å². The highest BCUT2D eigenvalue weighted by molar-refractivity contribution is 7.90. The van der Waals surface area contributed by atoms with E-state index in [9.17, 15) is 13.2 Å². The lowest BCUT2D eigenvalue weighted by Crippen LogP contribution is -2.50. The molecule has 0 aliphatic carbocycles. The zero-order valence-corrected chi connectivity index (χ0v) is 15.5. The van der Waals surface area contributed by atoms with Crippen LogP contribution in [0.15, 0.2) is 29.2 Å². The number of hydrogen-bond donors (Lipinski definition) is 0. The predicted molar refractivity (Wildman–Crippen MR) is 95.2 cm³/mol. The molecule has 2 aliphatic heterocycles. The van der Waals surface area contributed by atoms with Gasteiger partial charge in [0, 0.05) is 38.5 Å². The van der Waals surface area contributed by atoms with Crippen molar-refractivity contribution in [1.82, 2.24) is 9.80 Å². The molecule has 25 heavy (non-hydrogen) atoms. The van der Waals surface area contributed by atoms with Gasteiger partial charge in [-0.1, -0.05) is 12.1 Å². The lowest BCUT2D eigenvalue weighted by molar-refractivity contribution is -0.132. The highest BCUT2D eigenvalue weighted by Gasteiger charge is 2.27. The molecule has 2 fully saturated rings. The number of rotatable bonds is 4. The van der Waals surface area contributed by atoms with Crippen molar-refractivity contribution >= 4 is 15.7 Å². The number of carbonyl (C=O) groups is 1. The molecule has 2 heterocycles. The van der Waals surface area contributed by atoms with Crippen molar-refractivity contribution < 1.29 is 17.9 Å². The lowest BCUT2D eigenvalue weighted by Gasteiger charge is -2.40. The van der Waals surface area contributed by atoms with Crippen molar-refractivity contribution in [2.24, 2.45) is 0 Å². The van der Waals surface area contributed by atoms with Gasteiger partial charge in [-0.25, -0.2) is 8.42 Å². The van der Waals surface area contributed by atoms with E-state index in [1.54, 1.807) is 24.3 Å². The molecular weight excluding hydrogens is 340 g/mol. The van der Waals surface area contributed by atoms with Crippen LogP contribution in [0.4, 0.5) is 0 Å². The van der Waals surface area contributed by atoms with E-state index in [-0.39, 0.29) is 10.8 Å². The van der Waals surface area contributed by atoms with Gasteiger partial charge in [-0.3, -0.25) is 9.69 Å². The van der Waals surface area contributed by atoms with E-state index in [0.29, 0.717) is 12.5 Å². The summed E-state index contributed by atoms with van der Waals surface area (Å²) < 4.78 is 28.4. The fourth-order valence-corrected chi connectivity index (χ4v) is 4.19. The molecule has 0 bridgehead atoms. The third-order valence-corrected chi connectivity index (χ3v) is 6.21. The van der Waals surface area contributed by atoms with Gasteiger partial charge in [0.25, 0.3) is 0 Å². The Morgan fingerprint density at radius 2 is 1.68 bits per heavy atom. The molecule has 0 spiro atoms. The van der Waals surface area contributed by atoms with Gasteiger partial charge in [0.2, 0.25) is 5.91 Å². The molecule has 0 radical (unpaired) electrons. The van der Waals surface area contributed by atoms with Crippen LogP contribution in [0.25, 0.3) is 0 Å². The Balaban J connectivity index is 1.51. The highest BCUT2D eigenvalue weighted by atomic mass is 32.2. The van der Waals surface area contributed by atoms with Gasteiger partial charge in [0.1, 0.15) is 0 Å². The first-order valence-electron chi connectivity index (χ1n) is 8.82. The zero-order valence-electron chi connectivity index (χ0n) is 14.7. The third kappa shape index (κ3) is 4.80. The number of carbonyl (C=O) groups excluding carboxylic acids is 1. The smallest absolute Gasteiger partial charge is 0.226 e. The van der Waals surface area contributed by atoms with Gasteiger partial charge in [-0.2, -0.15) is 0 Å². The van der Waals surface area contributed by atoms with Crippen molar-refractivity contribution in [2.75, 3.05) is 45.6 Å². The van der Waals surface area contributed by atoms with E-state index in [1.165, 1.54) is 6.26 Å². The van der Waals surface area contributed by atoms with Crippen LogP contribution in [-0.4, -0.2) is 75.8 Å². The summed E-state index contributed by atoms with van der Waals surface area (Å²) in [6, 6.07) is 7.16. The molecule has 0 aromatic heterocycles. The summed E-state index contributed by atoms with van der Waals surface area (Å²) >= 11 is 0. The van der Waals surface area contributed by atoms with Gasteiger partial charge in [-0.05, 0) is 30.5 Å². The fraction of sp³-hybridized carbons (Fsp3) is 0.611. The molecule has 1 aromatic rings. The van der Waals surface area contributed by atoms with E-state index < -0.39 is 9.84 Å². The summed E-state index contributed by atoms with van der Waals surface area (Å²) in [7, 11) is -3.19. The van der Waals surface area contributed by atoms with E-state index in [2.05, 4.69) is 4.90 Å². The summed E-state index contributed by atoms with van der Waals surface area (Å²) in [4.78, 5) is 17.2. The van der Waals surface area contributed by atoms with Crippen LogP contribution in [0.1, 0.15) is 18.4 Å². The number of ether oxygens (including phenoxy) is 1. The van der Waals surface area contributed by atoms with Crippen LogP contribution < -0.4 is 0 Å². The highest BCUT2D eigenvalue weighted by Crippen LogP contribution is 2.19. The molecule has 1 aromatic carbocycles. The van der Waals surface area contributed by atoms with Crippen LogP contribution in [-0.2, 0) is 25.8 Å². The minimum atomic E-state index is -3.19. The van der Waals surface area contributed by atoms with Gasteiger partial charge in [0.15, 0.2) is 9.84 Å². The Morgan fingerprint density at radius 3 is 2.24 bits per heavy atom. The molecule has 0 saturated carbocycles. The number of likely N-dealkylation sites (tertiary alicyclic amines) is 1. The zero-order chi connectivity index (χ0) is 17.9. The predicted octanol–water partition coefficient (Wildman–Crippen LogP) is 0.956. The van der Waals surface area contributed by atoms with Crippen LogP contribution in [0, 0.1) is 0 Å². The summed E-state index contributed by atoms with van der Waals surface area (Å²) in [5.74, 6) is 0.118. The summed E-state index contributed by atoms with van der Waals surface area (Å²) in [6.45, 7) is 5.19. The van der Waals surface area contributed by atoms with Crippen LogP contribution in [0.3, 0.4) is 0 Å². The van der Waals surface area contributed by atoms with E-state index >= 15 is 0 Å². The van der Waals surface area contributed by atoms with Crippen LogP contribution in [0.2, 0.25) is 0 Å². The van der Waals surface area contributed by atoms with Crippen molar-refractivity contribution in [3.63, 3.8) is 0 Å². The monoisotopic (exact) mass is 366 g/mol. The average Bonchev–Trinajstić information content (AvgIpc) is 2.62. The molecule has 0 unspecified atom stereocenters. The molecule has 7 heteroatoms. The van der Waals surface area contributed by atoms with Gasteiger partial charge < -0.3 is 9.64 Å². The maximum absolute atomic E-state index is 12.5. The average molecular weight is 366 g/mol. The van der Waals surface area contributed by atoms with E-state index in [4.69, 9.17) is 4.74 Å². The minimum absolute atomic E-state index is 0.118. The Bertz CT molecular complexity index is 688. The molecule has 2 saturated heterocycles. The SMILES string of the molecule is CS(=O)(=O)c1ccc(CC(=O)N2CCC(N3CCOCC3)CC2)cc1. The number of hydrogen-bond acceptors (Lipinski definition) is 5. The number of piperidine rings is 1. The van der Waals surface area contributed by atoms with Gasteiger partial charge in [0.05, 0.1) is 24.5 Å². The van der Waals surface area contributed by atoms with E-state index in [1.807, 2.05) is 4.90 Å². The number of amides is 1. The first kappa shape index (κ1) is 18.4. The molecule has 2 aliphatic rings. The maximum atomic E-state index is 12.5. The molecule has 0 N–H and O–H groups in total. The largest absolute Gasteiger partial charge is 0.379 e. The van der Waals surface area contributed by atoms with E-state index in [0.717, 1.165) is 57.8 Å². The Morgan fingerprint density at radius 1 is 1.08 bits per heavy atom. The number of sulfone groups is 1. The maximum Gasteiger partial charge on any atom is 0.226 e. The second-order valence-corrected chi connectivity index (χ2v) is 8.87. The second-order valence-electron chi connectivity index (χ2n) is 6.85. The normalized spacial score (nSPS) is 20.6. The standard InChI is InChI=1S/C18H26N2O4S/c1-25(22,23)17-4-2-15(3-5-17)14-18(21)20-8-6-16(7-9-20)19-10-12-24-13-11-19/h2-5,16H,6-14H2,1H3. The number of morpholine rings is 1. The minimum Gasteiger partial charge on any atom is -0.379 e. The van der Waals surface area contributed by atoms with Crippen LogP contribution in [0.5, 0.6) is 0 Å². The third-order valence-electron chi connectivity index (χ3n) is 5.09. The van der Waals surface area contributed by atoms with Crippen molar-refractivity contribution in [3.05, 3.63) is 29.8 Å². The second kappa shape index (κ2) is 7.85. The summed E-state index contributed by atoms with van der Waals surface area (Å²) in [5.41, 5.74) is 0.854. The fourth-order valence-electron chi connectivity index (χ4n) is 3.56. The Hall–Kier alpha value is -1.44. The van der Waals surface area contributed by atoms with Crippen molar-refractivity contribution in [1.29, 1.82) is 0 Å². The van der Waals surface area contributed by atoms with Crippen LogP contribution >= 0.6 is 0 Å². The Labute approximate surface area is 149 Å². The number of benzene rings is 1. The molecular formula is C18H26N2O4S. The molecule has 1 amide bonds. The van der Waals surface area contributed by atoms with Crippen molar-refractivity contribution in [3.8, 4) is 0 Å². The number of nitrogens with zero attached hydrogens (tertiary/aromatic N) is 2.